The standard InChI is InChI=1S/C36H49O7P/c1-9-23(5)31-17-27(18-32(35(31)39)24(6)10-2)13-15-29(37)21-42-44(41)43-22-30(38)16-14-28-19-33(25(7)11-3)36(40)34(20-28)26(8)12-4/h13-20,23-26H,9-12,21-22H2,1-8H3,(H-,37,38,39,40)/p+1. The predicted octanol–water partition coefficient (Wildman–Crippen LogP) is 9.71. The lowest BCUT2D eigenvalue weighted by molar-refractivity contribution is -0.116. The lowest BCUT2D eigenvalue weighted by atomic mass is 9.88. The van der Waals surface area contributed by atoms with Crippen molar-refractivity contribution in [2.45, 2.75) is 105 Å². The molecule has 240 valence electrons. The molecule has 0 heterocycles. The molecular weight excluding hydrogens is 575 g/mol. The fraction of sp³-hybridized carbons (Fsp3) is 0.500. The number of carbonyl (C=O) groups excluding carboxylic acids is 2. The van der Waals surface area contributed by atoms with E-state index in [1.54, 1.807) is 12.2 Å². The second kappa shape index (κ2) is 18.0. The number of phenolic OH excluding ortho intramolecular Hbond substituents is 2. The molecule has 0 aliphatic carbocycles. The molecule has 8 heteroatoms. The van der Waals surface area contributed by atoms with Crippen molar-refractivity contribution < 1.29 is 33.4 Å². The number of hydrogen-bond donors (Lipinski definition) is 2. The van der Waals surface area contributed by atoms with Crippen molar-refractivity contribution >= 4 is 32.0 Å². The van der Waals surface area contributed by atoms with E-state index in [0.717, 1.165) is 59.1 Å². The van der Waals surface area contributed by atoms with Gasteiger partial charge in [-0.15, -0.1) is 9.05 Å². The molecule has 4 atom stereocenters. The van der Waals surface area contributed by atoms with E-state index in [9.17, 15) is 24.4 Å². The quantitative estimate of drug-likeness (QED) is 0.125. The van der Waals surface area contributed by atoms with Crippen LogP contribution in [0.1, 0.15) is 138 Å². The van der Waals surface area contributed by atoms with Crippen molar-refractivity contribution in [3.05, 3.63) is 69.8 Å². The van der Waals surface area contributed by atoms with Crippen molar-refractivity contribution in [2.75, 3.05) is 13.2 Å². The maximum absolute atomic E-state index is 12.4. The van der Waals surface area contributed by atoms with Crippen LogP contribution in [0.3, 0.4) is 0 Å². The van der Waals surface area contributed by atoms with Gasteiger partial charge >= 0.3 is 8.25 Å². The molecule has 2 N–H and O–H groups in total. The molecule has 0 aliphatic heterocycles. The van der Waals surface area contributed by atoms with Crippen molar-refractivity contribution in [3.63, 3.8) is 0 Å². The second-order valence-corrected chi connectivity index (χ2v) is 12.7. The van der Waals surface area contributed by atoms with Gasteiger partial charge in [0.25, 0.3) is 0 Å². The topological polar surface area (TPSA) is 110 Å². The first-order valence-electron chi connectivity index (χ1n) is 15.7. The van der Waals surface area contributed by atoms with Gasteiger partial charge in [-0.2, -0.15) is 0 Å². The summed E-state index contributed by atoms with van der Waals surface area (Å²) in [5, 5.41) is 21.6. The average molecular weight is 626 g/mol. The Balaban J connectivity index is 1.99. The van der Waals surface area contributed by atoms with E-state index in [0.29, 0.717) is 11.5 Å². The zero-order chi connectivity index (χ0) is 33.0. The van der Waals surface area contributed by atoms with Crippen LogP contribution in [0.4, 0.5) is 0 Å². The fourth-order valence-electron chi connectivity index (χ4n) is 4.73. The normalized spacial score (nSPS) is 15.0. The van der Waals surface area contributed by atoms with E-state index in [2.05, 4.69) is 55.4 Å². The summed E-state index contributed by atoms with van der Waals surface area (Å²) in [6.07, 6.45) is 9.50. The number of phenols is 2. The van der Waals surface area contributed by atoms with Gasteiger partial charge in [0.15, 0.2) is 24.8 Å². The van der Waals surface area contributed by atoms with Crippen LogP contribution in [0.2, 0.25) is 0 Å². The maximum atomic E-state index is 12.4. The van der Waals surface area contributed by atoms with Gasteiger partial charge in [0, 0.05) is 4.57 Å². The highest BCUT2D eigenvalue weighted by Crippen LogP contribution is 2.39. The zero-order valence-corrected chi connectivity index (χ0v) is 28.4. The maximum Gasteiger partial charge on any atom is 0.698 e. The minimum Gasteiger partial charge on any atom is -0.507 e. The summed E-state index contributed by atoms with van der Waals surface area (Å²) in [7, 11) is -2.67. The van der Waals surface area contributed by atoms with E-state index in [1.165, 1.54) is 12.2 Å². The lowest BCUT2D eigenvalue weighted by Gasteiger charge is -2.19. The third-order valence-electron chi connectivity index (χ3n) is 8.50. The first-order chi connectivity index (χ1) is 20.9. The predicted molar refractivity (Wildman–Crippen MR) is 179 cm³/mol. The van der Waals surface area contributed by atoms with E-state index in [1.807, 2.05) is 24.3 Å². The van der Waals surface area contributed by atoms with Gasteiger partial charge in [-0.1, -0.05) is 67.5 Å². The minimum absolute atomic E-state index is 0.162. The van der Waals surface area contributed by atoms with Crippen LogP contribution in [-0.2, 0) is 23.2 Å². The van der Waals surface area contributed by atoms with Crippen molar-refractivity contribution in [2.24, 2.45) is 0 Å². The van der Waals surface area contributed by atoms with Crippen LogP contribution in [-0.4, -0.2) is 35.0 Å². The molecule has 7 nitrogen and oxygen atoms in total. The molecule has 0 amide bonds. The monoisotopic (exact) mass is 625 g/mol. The summed E-state index contributed by atoms with van der Waals surface area (Å²) >= 11 is 0. The smallest absolute Gasteiger partial charge is 0.507 e. The molecule has 0 bridgehead atoms. The van der Waals surface area contributed by atoms with Crippen molar-refractivity contribution in [1.29, 1.82) is 0 Å². The molecule has 4 unspecified atom stereocenters. The van der Waals surface area contributed by atoms with Gasteiger partial charge in [-0.05, 0) is 119 Å². The van der Waals surface area contributed by atoms with Crippen LogP contribution in [0.15, 0.2) is 36.4 Å². The second-order valence-electron chi connectivity index (χ2n) is 11.7. The third-order valence-corrected chi connectivity index (χ3v) is 9.18. The number of ketones is 2. The van der Waals surface area contributed by atoms with E-state index in [-0.39, 0.29) is 23.7 Å². The molecule has 0 spiro atoms. The van der Waals surface area contributed by atoms with Crippen molar-refractivity contribution in [3.8, 4) is 11.5 Å². The summed E-state index contributed by atoms with van der Waals surface area (Å²) < 4.78 is 22.3. The zero-order valence-electron chi connectivity index (χ0n) is 27.6. The Morgan fingerprint density at radius 1 is 0.636 bits per heavy atom. The van der Waals surface area contributed by atoms with Crippen LogP contribution in [0.5, 0.6) is 11.5 Å². The van der Waals surface area contributed by atoms with Gasteiger partial charge in [0.2, 0.25) is 0 Å². The lowest BCUT2D eigenvalue weighted by Crippen LogP contribution is -2.05. The average Bonchev–Trinajstić information content (AvgIpc) is 3.03. The molecule has 0 saturated carbocycles. The number of hydrogen-bond acceptors (Lipinski definition) is 7. The molecular formula is C36H50O7P+. The van der Waals surface area contributed by atoms with E-state index in [4.69, 9.17) is 9.05 Å². The van der Waals surface area contributed by atoms with Crippen LogP contribution in [0.25, 0.3) is 12.2 Å². The minimum atomic E-state index is -2.67. The summed E-state index contributed by atoms with van der Waals surface area (Å²) in [5.74, 6) is 0.455. The van der Waals surface area contributed by atoms with Gasteiger partial charge in [0.05, 0.1) is 0 Å². The summed E-state index contributed by atoms with van der Waals surface area (Å²) in [6, 6.07) is 7.54. The Bertz CT molecular complexity index is 1200. The molecule has 0 fully saturated rings. The van der Waals surface area contributed by atoms with Crippen molar-refractivity contribution in [1.82, 2.24) is 0 Å². The molecule has 2 aromatic carbocycles. The van der Waals surface area contributed by atoms with Gasteiger partial charge < -0.3 is 10.2 Å². The first kappa shape index (κ1) is 37.1. The Kier molecular flexibility index (Phi) is 15.2. The number of carbonyl (C=O) groups is 2. The largest absolute Gasteiger partial charge is 0.698 e. The summed E-state index contributed by atoms with van der Waals surface area (Å²) in [5.41, 5.74) is 4.98. The molecule has 2 rings (SSSR count). The fourth-order valence-corrected chi connectivity index (χ4v) is 5.27. The summed E-state index contributed by atoms with van der Waals surface area (Å²) in [4.78, 5) is 24.8. The summed E-state index contributed by atoms with van der Waals surface area (Å²) in [6.45, 7) is 15.5. The Morgan fingerprint density at radius 3 is 1.16 bits per heavy atom. The van der Waals surface area contributed by atoms with E-state index < -0.39 is 33.0 Å². The SMILES string of the molecule is CCC(C)c1cc(/C=C/C(=O)CO[P+](=O)OCC(=O)/C=C/c2cc(C(C)CC)c(O)c(C(C)CC)c2)cc(C(C)CC)c1O. The molecule has 0 aliphatic rings. The Morgan fingerprint density at radius 2 is 0.909 bits per heavy atom. The molecule has 0 saturated heterocycles. The number of benzene rings is 2. The van der Waals surface area contributed by atoms with Gasteiger partial charge in [-0.25, -0.2) is 0 Å². The third kappa shape index (κ3) is 10.5. The molecule has 0 aromatic heterocycles. The Hall–Kier alpha value is -3.12. The number of aromatic hydroxyl groups is 2. The van der Waals surface area contributed by atoms with Crippen LogP contribution in [0, 0.1) is 0 Å². The van der Waals surface area contributed by atoms with E-state index >= 15 is 0 Å². The highest BCUT2D eigenvalue weighted by molar-refractivity contribution is 7.33. The Labute approximate surface area is 264 Å². The molecule has 0 radical (unpaired) electrons. The van der Waals surface area contributed by atoms with Crippen LogP contribution < -0.4 is 0 Å². The first-order valence-corrected chi connectivity index (χ1v) is 16.8. The molecule has 44 heavy (non-hydrogen) atoms. The number of rotatable bonds is 18. The van der Waals surface area contributed by atoms with Crippen LogP contribution >= 0.6 is 8.25 Å². The highest BCUT2D eigenvalue weighted by atomic mass is 31.1. The van der Waals surface area contributed by atoms with Gasteiger partial charge in [0.1, 0.15) is 11.5 Å². The highest BCUT2D eigenvalue weighted by Gasteiger charge is 2.23. The molecule has 2 aromatic rings. The van der Waals surface area contributed by atoms with Gasteiger partial charge in [-0.3, -0.25) is 9.59 Å².